The number of methoxy groups -OCH3 is 2. The molecular formula is C34H34N4O4S2. The summed E-state index contributed by atoms with van der Waals surface area (Å²) < 4.78 is 13.5. The molecule has 2 aliphatic heterocycles. The Morgan fingerprint density at radius 2 is 1.75 bits per heavy atom. The zero-order valence-electron chi connectivity index (χ0n) is 25.6. The summed E-state index contributed by atoms with van der Waals surface area (Å²) in [6.45, 7) is 6.80. The van der Waals surface area contributed by atoms with E-state index in [1.165, 1.54) is 21.9 Å². The summed E-state index contributed by atoms with van der Waals surface area (Å²) in [6, 6.07) is 19.3. The summed E-state index contributed by atoms with van der Waals surface area (Å²) in [4.78, 5) is 39.9. The number of likely N-dealkylation sites (N-methyl/N-ethyl adjacent to an activating group) is 1. The quantitative estimate of drug-likeness (QED) is 0.275. The van der Waals surface area contributed by atoms with Gasteiger partial charge in [0.15, 0.2) is 4.80 Å². The van der Waals surface area contributed by atoms with Crippen LogP contribution < -0.4 is 29.3 Å². The minimum atomic E-state index is -0.740. The Labute approximate surface area is 264 Å². The topological polar surface area (TPSA) is 76.4 Å². The summed E-state index contributed by atoms with van der Waals surface area (Å²) in [6.07, 6.45) is 1.91. The number of allylic oxidation sites excluding steroid dienone is 1. The predicted molar refractivity (Wildman–Crippen MR) is 176 cm³/mol. The van der Waals surface area contributed by atoms with Crippen molar-refractivity contribution in [3.05, 3.63) is 103 Å². The van der Waals surface area contributed by atoms with Crippen LogP contribution in [-0.4, -0.2) is 49.7 Å². The van der Waals surface area contributed by atoms with Crippen molar-refractivity contribution in [3.63, 3.8) is 0 Å². The van der Waals surface area contributed by atoms with E-state index in [9.17, 15) is 9.59 Å². The number of aromatic nitrogens is 1. The second kappa shape index (κ2) is 12.0. The molecule has 6 rings (SSSR count). The van der Waals surface area contributed by atoms with Crippen LogP contribution in [0.2, 0.25) is 0 Å². The molecule has 44 heavy (non-hydrogen) atoms. The van der Waals surface area contributed by atoms with Crippen LogP contribution in [0.5, 0.6) is 11.5 Å². The highest BCUT2D eigenvalue weighted by molar-refractivity contribution is 7.99. The molecular weight excluding hydrogens is 593 g/mol. The third-order valence-electron chi connectivity index (χ3n) is 8.12. The lowest BCUT2D eigenvalue weighted by Gasteiger charge is -2.30. The lowest BCUT2D eigenvalue weighted by atomic mass is 9.93. The number of nitrogens with zero attached hydrogens (tertiary/aromatic N) is 4. The molecule has 0 radical (unpaired) electrons. The second-order valence-electron chi connectivity index (χ2n) is 10.5. The number of rotatable bonds is 7. The molecule has 0 aliphatic carbocycles. The van der Waals surface area contributed by atoms with E-state index in [1.807, 2.05) is 51.1 Å². The summed E-state index contributed by atoms with van der Waals surface area (Å²) in [5.74, 6) is 1.00. The molecule has 1 aromatic heterocycles. The average Bonchev–Trinajstić information content (AvgIpc) is 3.34. The Hall–Kier alpha value is -4.28. The zero-order chi connectivity index (χ0) is 31.1. The normalized spacial score (nSPS) is 15.7. The van der Waals surface area contributed by atoms with Gasteiger partial charge in [-0.3, -0.25) is 14.2 Å². The maximum Gasteiger partial charge on any atom is 0.271 e. The summed E-state index contributed by atoms with van der Waals surface area (Å²) in [7, 11) is 5.25. The van der Waals surface area contributed by atoms with Crippen LogP contribution in [-0.2, 0) is 4.79 Å². The van der Waals surface area contributed by atoms with Crippen LogP contribution in [0, 0.1) is 0 Å². The average molecular weight is 627 g/mol. The largest absolute Gasteiger partial charge is 0.497 e. The number of thiazole rings is 1. The molecule has 8 nitrogen and oxygen atoms in total. The number of para-hydroxylation sites is 1. The van der Waals surface area contributed by atoms with Gasteiger partial charge in [0.25, 0.3) is 11.5 Å². The van der Waals surface area contributed by atoms with Gasteiger partial charge in [-0.1, -0.05) is 41.3 Å². The van der Waals surface area contributed by atoms with Crippen molar-refractivity contribution in [1.29, 1.82) is 0 Å². The predicted octanol–water partition coefficient (Wildman–Crippen LogP) is 5.35. The lowest BCUT2D eigenvalue weighted by molar-refractivity contribution is -0.127. The van der Waals surface area contributed by atoms with Crippen LogP contribution in [0.1, 0.15) is 37.9 Å². The monoisotopic (exact) mass is 626 g/mol. The molecule has 0 unspecified atom stereocenters. The minimum Gasteiger partial charge on any atom is -0.497 e. The highest BCUT2D eigenvalue weighted by Crippen LogP contribution is 2.47. The van der Waals surface area contributed by atoms with Gasteiger partial charge in [-0.25, -0.2) is 4.99 Å². The highest BCUT2D eigenvalue weighted by Gasteiger charge is 2.36. The van der Waals surface area contributed by atoms with Gasteiger partial charge < -0.3 is 19.3 Å². The van der Waals surface area contributed by atoms with Crippen molar-refractivity contribution in [1.82, 2.24) is 9.47 Å². The van der Waals surface area contributed by atoms with E-state index in [1.54, 1.807) is 47.6 Å². The van der Waals surface area contributed by atoms with Gasteiger partial charge >= 0.3 is 0 Å². The number of carbonyl (C=O) groups is 1. The van der Waals surface area contributed by atoms with Crippen molar-refractivity contribution in [2.24, 2.45) is 4.99 Å². The van der Waals surface area contributed by atoms with Crippen LogP contribution in [0.4, 0.5) is 11.4 Å². The van der Waals surface area contributed by atoms with E-state index in [0.29, 0.717) is 50.8 Å². The molecule has 1 amide bonds. The maximum atomic E-state index is 14.3. The van der Waals surface area contributed by atoms with Crippen LogP contribution in [0.15, 0.2) is 91.5 Å². The molecule has 2 aliphatic rings. The summed E-state index contributed by atoms with van der Waals surface area (Å²) in [5, 5.41) is 0. The zero-order valence-corrected chi connectivity index (χ0v) is 27.2. The molecule has 10 heteroatoms. The number of amides is 1. The van der Waals surface area contributed by atoms with Gasteiger partial charge in [-0.15, -0.1) is 0 Å². The smallest absolute Gasteiger partial charge is 0.271 e. The minimum absolute atomic E-state index is 0.156. The summed E-state index contributed by atoms with van der Waals surface area (Å²) in [5.41, 5.74) is 4.68. The highest BCUT2D eigenvalue weighted by atomic mass is 32.2. The Morgan fingerprint density at radius 1 is 1.00 bits per heavy atom. The van der Waals surface area contributed by atoms with E-state index in [-0.39, 0.29) is 11.5 Å². The Kier molecular flexibility index (Phi) is 8.13. The molecule has 0 fully saturated rings. The molecule has 0 N–H and O–H groups in total. The van der Waals surface area contributed by atoms with E-state index in [0.717, 1.165) is 16.1 Å². The van der Waals surface area contributed by atoms with Gasteiger partial charge in [0, 0.05) is 35.5 Å². The molecule has 1 atom stereocenters. The van der Waals surface area contributed by atoms with Crippen molar-refractivity contribution in [2.45, 2.75) is 36.6 Å². The number of benzene rings is 3. The van der Waals surface area contributed by atoms with Crippen LogP contribution in [0.25, 0.3) is 6.08 Å². The number of fused-ring (bicyclic) bond motifs is 3. The summed E-state index contributed by atoms with van der Waals surface area (Å²) >= 11 is 3.05. The second-order valence-corrected chi connectivity index (χ2v) is 12.6. The van der Waals surface area contributed by atoms with Crippen molar-refractivity contribution >= 4 is 46.5 Å². The maximum absolute atomic E-state index is 14.3. The first-order valence-corrected chi connectivity index (χ1v) is 16.1. The molecule has 0 bridgehead atoms. The molecule has 3 heterocycles. The van der Waals surface area contributed by atoms with Crippen molar-refractivity contribution in [3.8, 4) is 11.5 Å². The van der Waals surface area contributed by atoms with Gasteiger partial charge in [0.2, 0.25) is 0 Å². The van der Waals surface area contributed by atoms with Crippen LogP contribution >= 0.6 is 23.1 Å². The number of carbonyl (C=O) groups excluding carboxylic acids is 1. The van der Waals surface area contributed by atoms with Gasteiger partial charge in [-0.05, 0) is 74.9 Å². The van der Waals surface area contributed by atoms with Gasteiger partial charge in [0.1, 0.15) is 17.5 Å². The van der Waals surface area contributed by atoms with E-state index >= 15 is 0 Å². The Bertz CT molecular complexity index is 1990. The molecule has 0 saturated carbocycles. The standard InChI is InChI=1S/C34H34N4O4S2/c1-7-37(8-2)33(40)30-20(3)35-34-38(31(30)23-19-22(41-5)14-16-26(23)42-6)32(39)29(44-34)18-21-13-15-25-28(17-21)43-27-12-10-9-11-24(27)36(25)4/h9-19,31H,7-8H2,1-6H3/b29-18-/t31-/m0/s1. The third-order valence-corrected chi connectivity index (χ3v) is 10.2. The fourth-order valence-electron chi connectivity index (χ4n) is 5.82. The fraction of sp³-hybridized carbons (Fsp3) is 0.265. The molecule has 4 aromatic rings. The number of hydrogen-bond acceptors (Lipinski definition) is 8. The van der Waals surface area contributed by atoms with Gasteiger partial charge in [-0.2, -0.15) is 0 Å². The van der Waals surface area contributed by atoms with E-state index in [4.69, 9.17) is 14.5 Å². The van der Waals surface area contributed by atoms with Crippen LogP contribution in [0.3, 0.4) is 0 Å². The Balaban J connectivity index is 1.52. The molecule has 3 aromatic carbocycles. The first-order valence-electron chi connectivity index (χ1n) is 14.5. The lowest BCUT2D eigenvalue weighted by Crippen LogP contribution is -2.43. The van der Waals surface area contributed by atoms with Gasteiger partial charge in [0.05, 0.1) is 41.4 Å². The first kappa shape index (κ1) is 29.8. The molecule has 0 spiro atoms. The number of anilines is 2. The molecule has 0 saturated heterocycles. The van der Waals surface area contributed by atoms with E-state index in [2.05, 4.69) is 36.2 Å². The van der Waals surface area contributed by atoms with Crippen molar-refractivity contribution in [2.75, 3.05) is 39.3 Å². The third kappa shape index (κ3) is 5.01. The van der Waals surface area contributed by atoms with Crippen molar-refractivity contribution < 1.29 is 14.3 Å². The molecule has 226 valence electrons. The van der Waals surface area contributed by atoms with E-state index < -0.39 is 6.04 Å². The Morgan fingerprint density at radius 3 is 2.48 bits per heavy atom. The number of hydrogen-bond donors (Lipinski definition) is 0. The number of ether oxygens (including phenoxy) is 2. The fourth-order valence-corrected chi connectivity index (χ4v) is 8.07. The first-order chi connectivity index (χ1) is 21.3. The SMILES string of the molecule is CCN(CC)C(=O)C1=C(C)N=c2s/c(=C\c3ccc4c(c3)Sc3ccccc3N4C)c(=O)n2[C@H]1c1cc(OC)ccc1OC.